The van der Waals surface area contributed by atoms with E-state index in [1.807, 2.05) is 52.8 Å². The number of halogens is 1. The van der Waals surface area contributed by atoms with Gasteiger partial charge in [0, 0.05) is 36.3 Å². The van der Waals surface area contributed by atoms with Crippen molar-refractivity contribution in [1.82, 2.24) is 9.47 Å². The summed E-state index contributed by atoms with van der Waals surface area (Å²) in [6.07, 6.45) is 3.24. The summed E-state index contributed by atoms with van der Waals surface area (Å²) < 4.78 is 23.1. The zero-order chi connectivity index (χ0) is 22.2. The molecule has 166 valence electrons. The van der Waals surface area contributed by atoms with Crippen LogP contribution in [0.15, 0.2) is 48.5 Å². The molecule has 2 aliphatic heterocycles. The second-order valence-electron chi connectivity index (χ2n) is 9.17. The van der Waals surface area contributed by atoms with Gasteiger partial charge in [-0.25, -0.2) is 4.39 Å². The molecule has 32 heavy (non-hydrogen) atoms. The number of aromatic nitrogens is 1. The van der Waals surface area contributed by atoms with Gasteiger partial charge in [-0.15, -0.1) is 0 Å². The number of carbonyl (C=O) groups is 1. The van der Waals surface area contributed by atoms with Crippen molar-refractivity contribution in [3.05, 3.63) is 71.2 Å². The molecular weight excluding hydrogens is 403 g/mol. The Hall–Kier alpha value is -3.08. The molecule has 0 spiro atoms. The summed E-state index contributed by atoms with van der Waals surface area (Å²) in [6, 6.07) is 15.3. The molecule has 0 aliphatic carbocycles. The topological polar surface area (TPSA) is 34.5 Å². The van der Waals surface area contributed by atoms with E-state index in [0.717, 1.165) is 53.3 Å². The van der Waals surface area contributed by atoms with Crippen molar-refractivity contribution in [1.29, 1.82) is 0 Å². The third-order valence-electron chi connectivity index (χ3n) is 6.63. The van der Waals surface area contributed by atoms with Crippen molar-refractivity contribution in [3.8, 4) is 22.7 Å². The SMILES string of the molecule is Cc1ccc(-n2c(CCC(=O)N3CCCC(C)C3)cc3c2-c2ccccc2OC3)c(F)c1. The van der Waals surface area contributed by atoms with Crippen molar-refractivity contribution >= 4 is 5.91 Å². The molecule has 1 unspecified atom stereocenters. The Morgan fingerprint density at radius 1 is 1.19 bits per heavy atom. The summed E-state index contributed by atoms with van der Waals surface area (Å²) in [7, 11) is 0. The Morgan fingerprint density at radius 2 is 2.03 bits per heavy atom. The minimum atomic E-state index is -0.259. The fraction of sp³-hybridized carbons (Fsp3) is 0.370. The smallest absolute Gasteiger partial charge is 0.222 e. The second kappa shape index (κ2) is 8.45. The highest BCUT2D eigenvalue weighted by Gasteiger charge is 2.27. The third-order valence-corrected chi connectivity index (χ3v) is 6.63. The Morgan fingerprint density at radius 3 is 2.84 bits per heavy atom. The van der Waals surface area contributed by atoms with Crippen LogP contribution in [-0.4, -0.2) is 28.5 Å². The van der Waals surface area contributed by atoms with Gasteiger partial charge in [0.15, 0.2) is 0 Å². The first-order valence-electron chi connectivity index (χ1n) is 11.5. The van der Waals surface area contributed by atoms with Gasteiger partial charge in [0.1, 0.15) is 18.2 Å². The van der Waals surface area contributed by atoms with Gasteiger partial charge in [-0.2, -0.15) is 0 Å². The summed E-state index contributed by atoms with van der Waals surface area (Å²) in [4.78, 5) is 14.9. The van der Waals surface area contributed by atoms with E-state index >= 15 is 4.39 Å². The number of hydrogen-bond acceptors (Lipinski definition) is 2. The first-order chi connectivity index (χ1) is 15.5. The Labute approximate surface area is 188 Å². The summed E-state index contributed by atoms with van der Waals surface area (Å²) in [5, 5.41) is 0. The summed E-state index contributed by atoms with van der Waals surface area (Å²) in [5.74, 6) is 1.28. The van der Waals surface area contributed by atoms with Crippen LogP contribution in [0.3, 0.4) is 0 Å². The van der Waals surface area contributed by atoms with E-state index in [0.29, 0.717) is 31.1 Å². The van der Waals surface area contributed by atoms with Crippen LogP contribution in [0, 0.1) is 18.7 Å². The number of benzene rings is 2. The average Bonchev–Trinajstić information content (AvgIpc) is 3.16. The van der Waals surface area contributed by atoms with Gasteiger partial charge in [-0.05, 0) is 68.0 Å². The largest absolute Gasteiger partial charge is 0.488 e. The quantitative estimate of drug-likeness (QED) is 0.532. The van der Waals surface area contributed by atoms with Crippen LogP contribution in [0.1, 0.15) is 43.0 Å². The maximum atomic E-state index is 15.1. The van der Waals surface area contributed by atoms with Gasteiger partial charge in [0.05, 0.1) is 11.4 Å². The predicted octanol–water partition coefficient (Wildman–Crippen LogP) is 5.68. The lowest BCUT2D eigenvalue weighted by molar-refractivity contribution is -0.132. The lowest BCUT2D eigenvalue weighted by atomic mass is 10.00. The second-order valence-corrected chi connectivity index (χ2v) is 9.17. The number of para-hydroxylation sites is 1. The molecule has 1 amide bonds. The molecule has 0 bridgehead atoms. The fourth-order valence-electron chi connectivity index (χ4n) is 5.03. The number of rotatable bonds is 4. The zero-order valence-electron chi connectivity index (χ0n) is 18.7. The number of likely N-dealkylation sites (tertiary alicyclic amines) is 1. The first-order valence-corrected chi connectivity index (χ1v) is 11.5. The molecule has 4 nitrogen and oxygen atoms in total. The monoisotopic (exact) mass is 432 g/mol. The van der Waals surface area contributed by atoms with Crippen LogP contribution >= 0.6 is 0 Å². The molecule has 1 saturated heterocycles. The molecule has 5 heteroatoms. The van der Waals surface area contributed by atoms with E-state index in [4.69, 9.17) is 4.74 Å². The lowest BCUT2D eigenvalue weighted by Gasteiger charge is -2.31. The Kier molecular flexibility index (Phi) is 5.50. The molecular formula is C27H29FN2O2. The summed E-state index contributed by atoms with van der Waals surface area (Å²) >= 11 is 0. The highest BCUT2D eigenvalue weighted by molar-refractivity contribution is 5.78. The van der Waals surface area contributed by atoms with Crippen LogP contribution in [0.5, 0.6) is 5.75 Å². The van der Waals surface area contributed by atoms with Crippen molar-refractivity contribution in [2.45, 2.75) is 46.1 Å². The van der Waals surface area contributed by atoms with Gasteiger partial charge in [0.25, 0.3) is 0 Å². The molecule has 3 aromatic rings. The molecule has 2 aromatic carbocycles. The van der Waals surface area contributed by atoms with Crippen LogP contribution in [0.25, 0.3) is 16.9 Å². The number of piperidine rings is 1. The van der Waals surface area contributed by atoms with Crippen molar-refractivity contribution < 1.29 is 13.9 Å². The Balaban J connectivity index is 1.53. The van der Waals surface area contributed by atoms with Gasteiger partial charge in [0.2, 0.25) is 5.91 Å². The van der Waals surface area contributed by atoms with Crippen LogP contribution < -0.4 is 4.74 Å². The normalized spacial score (nSPS) is 17.5. The number of hydrogen-bond donors (Lipinski definition) is 0. The van der Waals surface area contributed by atoms with Gasteiger partial charge < -0.3 is 14.2 Å². The molecule has 0 saturated carbocycles. The molecule has 1 fully saturated rings. The van der Waals surface area contributed by atoms with Crippen molar-refractivity contribution in [2.24, 2.45) is 5.92 Å². The van der Waals surface area contributed by atoms with E-state index in [9.17, 15) is 4.79 Å². The number of amides is 1. The first kappa shape index (κ1) is 20.8. The molecule has 0 N–H and O–H groups in total. The maximum Gasteiger partial charge on any atom is 0.222 e. The molecule has 1 aromatic heterocycles. The van der Waals surface area contributed by atoms with Gasteiger partial charge >= 0.3 is 0 Å². The van der Waals surface area contributed by atoms with E-state index < -0.39 is 0 Å². The fourth-order valence-corrected chi connectivity index (χ4v) is 5.03. The van der Waals surface area contributed by atoms with E-state index in [2.05, 4.69) is 13.0 Å². The summed E-state index contributed by atoms with van der Waals surface area (Å²) in [6.45, 7) is 6.21. The molecule has 5 rings (SSSR count). The summed E-state index contributed by atoms with van der Waals surface area (Å²) in [5.41, 5.74) is 5.28. The van der Waals surface area contributed by atoms with Crippen LogP contribution in [0.2, 0.25) is 0 Å². The number of aryl methyl sites for hydroxylation is 2. The van der Waals surface area contributed by atoms with E-state index in [1.54, 1.807) is 6.07 Å². The molecule has 3 heterocycles. The number of fused-ring (bicyclic) bond motifs is 3. The maximum absolute atomic E-state index is 15.1. The van der Waals surface area contributed by atoms with Gasteiger partial charge in [-0.1, -0.05) is 25.1 Å². The third kappa shape index (κ3) is 3.81. The van der Waals surface area contributed by atoms with Crippen molar-refractivity contribution in [3.63, 3.8) is 0 Å². The highest BCUT2D eigenvalue weighted by Crippen LogP contribution is 2.41. The highest BCUT2D eigenvalue weighted by atomic mass is 19.1. The number of ether oxygens (including phenoxy) is 1. The minimum absolute atomic E-state index is 0.184. The van der Waals surface area contributed by atoms with E-state index in [1.165, 1.54) is 6.42 Å². The standard InChI is InChI=1S/C27H29FN2O2/c1-18-9-11-24(23(28)14-18)30-21(10-12-26(31)29-13-5-6-19(2)16-29)15-20-17-32-25-8-4-3-7-22(25)27(20)30/h3-4,7-9,11,14-15,19H,5-6,10,12-13,16-17H2,1-2H3. The van der Waals surface area contributed by atoms with Crippen LogP contribution in [-0.2, 0) is 17.8 Å². The molecule has 2 aliphatic rings. The minimum Gasteiger partial charge on any atom is -0.488 e. The number of nitrogens with zero attached hydrogens (tertiary/aromatic N) is 2. The van der Waals surface area contributed by atoms with Crippen molar-refractivity contribution in [2.75, 3.05) is 13.1 Å². The number of carbonyl (C=O) groups excluding carboxylic acids is 1. The lowest BCUT2D eigenvalue weighted by Crippen LogP contribution is -2.39. The van der Waals surface area contributed by atoms with Crippen LogP contribution in [0.4, 0.5) is 4.39 Å². The van der Waals surface area contributed by atoms with Gasteiger partial charge in [-0.3, -0.25) is 4.79 Å². The predicted molar refractivity (Wildman–Crippen MR) is 124 cm³/mol. The Bertz CT molecular complexity index is 1170. The molecule has 0 radical (unpaired) electrons. The average molecular weight is 433 g/mol. The molecule has 1 atom stereocenters. The van der Waals surface area contributed by atoms with E-state index in [-0.39, 0.29) is 11.7 Å². The zero-order valence-corrected chi connectivity index (χ0v) is 18.7.